The number of hydrogen-bond acceptors (Lipinski definition) is 6. The third kappa shape index (κ3) is 3.11. The number of rotatable bonds is 4. The van der Waals surface area contributed by atoms with Crippen LogP contribution in [0.3, 0.4) is 0 Å². The van der Waals surface area contributed by atoms with Crippen molar-refractivity contribution < 1.29 is 19.1 Å². The molecule has 122 valence electrons. The zero-order valence-electron chi connectivity index (χ0n) is 12.5. The minimum absolute atomic E-state index is 0.171. The number of carbonyl (C=O) groups excluding carboxylic acids is 2. The van der Waals surface area contributed by atoms with E-state index in [4.69, 9.17) is 16.3 Å². The summed E-state index contributed by atoms with van der Waals surface area (Å²) in [6, 6.07) is 9.72. The van der Waals surface area contributed by atoms with E-state index in [0.29, 0.717) is 26.8 Å². The van der Waals surface area contributed by atoms with Gasteiger partial charge in [-0.2, -0.15) is 0 Å². The van der Waals surface area contributed by atoms with Gasteiger partial charge in [-0.25, -0.2) is 4.79 Å². The largest absolute Gasteiger partial charge is 0.482 e. The fourth-order valence-electron chi connectivity index (χ4n) is 2.25. The molecule has 0 aliphatic rings. The summed E-state index contributed by atoms with van der Waals surface area (Å²) < 4.78 is 11.3. The lowest BCUT2D eigenvalue weighted by molar-refractivity contribution is -0.142. The Balaban J connectivity index is 2.10. The summed E-state index contributed by atoms with van der Waals surface area (Å²) in [4.78, 5) is 35.1. The third-order valence-electron chi connectivity index (χ3n) is 3.45. The van der Waals surface area contributed by atoms with Crippen LogP contribution in [0.25, 0.3) is 20.2 Å². The lowest BCUT2D eigenvalue weighted by Gasteiger charge is -2.07. The van der Waals surface area contributed by atoms with Gasteiger partial charge in [-0.05, 0) is 48.0 Å². The number of halogens is 1. The summed E-state index contributed by atoms with van der Waals surface area (Å²) >= 11 is 6.86. The van der Waals surface area contributed by atoms with Crippen molar-refractivity contribution in [3.8, 4) is 5.75 Å². The van der Waals surface area contributed by atoms with Gasteiger partial charge in [0.05, 0.1) is 7.11 Å². The van der Waals surface area contributed by atoms with E-state index in [0.717, 1.165) is 4.70 Å². The van der Waals surface area contributed by atoms with Crippen LogP contribution >= 0.6 is 22.9 Å². The molecule has 0 N–H and O–H groups in total. The van der Waals surface area contributed by atoms with Crippen LogP contribution in [0.15, 0.2) is 41.2 Å². The summed E-state index contributed by atoms with van der Waals surface area (Å²) in [5.41, 5.74) is 0.174. The standard InChI is InChI=1S/C17H11ClO5S/c1-22-15(19)8-23-10-3-5-13-12(7-10)16(20)11-4-2-9(17(18)21)6-14(11)24-13/h2-7H,8H2,1H3. The number of ether oxygens (including phenoxy) is 2. The first-order chi connectivity index (χ1) is 11.5. The van der Waals surface area contributed by atoms with E-state index in [1.54, 1.807) is 30.3 Å². The predicted molar refractivity (Wildman–Crippen MR) is 93.3 cm³/mol. The fourth-order valence-corrected chi connectivity index (χ4v) is 3.46. The highest BCUT2D eigenvalue weighted by molar-refractivity contribution is 7.24. The van der Waals surface area contributed by atoms with Gasteiger partial charge in [-0.15, -0.1) is 11.3 Å². The Kier molecular flexibility index (Phi) is 4.51. The Bertz CT molecular complexity index is 1020. The predicted octanol–water partition coefficient (Wildman–Crippen LogP) is 3.35. The molecule has 0 fully saturated rings. The van der Waals surface area contributed by atoms with Crippen molar-refractivity contribution in [3.63, 3.8) is 0 Å². The molecule has 0 saturated carbocycles. The van der Waals surface area contributed by atoms with Gasteiger partial charge < -0.3 is 9.47 Å². The molecule has 0 amide bonds. The second kappa shape index (κ2) is 6.59. The second-order valence-electron chi connectivity index (χ2n) is 4.94. The van der Waals surface area contributed by atoms with Crippen molar-refractivity contribution in [2.45, 2.75) is 0 Å². The first kappa shape index (κ1) is 16.4. The van der Waals surface area contributed by atoms with Gasteiger partial charge in [0.15, 0.2) is 12.0 Å². The van der Waals surface area contributed by atoms with Gasteiger partial charge in [0.2, 0.25) is 0 Å². The maximum absolute atomic E-state index is 12.7. The van der Waals surface area contributed by atoms with Crippen molar-refractivity contribution in [2.24, 2.45) is 0 Å². The molecular formula is C17H11ClO5S. The maximum atomic E-state index is 12.7. The minimum Gasteiger partial charge on any atom is -0.482 e. The van der Waals surface area contributed by atoms with Crippen LogP contribution < -0.4 is 10.2 Å². The smallest absolute Gasteiger partial charge is 0.343 e. The van der Waals surface area contributed by atoms with E-state index >= 15 is 0 Å². The van der Waals surface area contributed by atoms with Crippen LogP contribution in [0.5, 0.6) is 5.75 Å². The SMILES string of the molecule is COC(=O)COc1ccc2sc3cc(C(=O)Cl)ccc3c(=O)c2c1. The molecule has 5 nitrogen and oxygen atoms in total. The van der Waals surface area contributed by atoms with Crippen molar-refractivity contribution in [1.29, 1.82) is 0 Å². The third-order valence-corrected chi connectivity index (χ3v) is 4.80. The second-order valence-corrected chi connectivity index (χ2v) is 6.37. The van der Waals surface area contributed by atoms with E-state index in [-0.39, 0.29) is 12.0 Å². The van der Waals surface area contributed by atoms with Crippen LogP contribution in [-0.4, -0.2) is 24.9 Å². The zero-order valence-corrected chi connectivity index (χ0v) is 14.1. The Morgan fingerprint density at radius 2 is 1.88 bits per heavy atom. The highest BCUT2D eigenvalue weighted by Crippen LogP contribution is 2.28. The molecule has 3 aromatic rings. The number of benzene rings is 2. The number of carbonyl (C=O) groups is 2. The van der Waals surface area contributed by atoms with Gasteiger partial charge in [0, 0.05) is 25.7 Å². The normalized spacial score (nSPS) is 10.8. The number of methoxy groups -OCH3 is 1. The molecule has 1 heterocycles. The maximum Gasteiger partial charge on any atom is 0.343 e. The van der Waals surface area contributed by atoms with E-state index in [1.165, 1.54) is 24.5 Å². The molecule has 0 aliphatic carbocycles. The Morgan fingerprint density at radius 3 is 2.58 bits per heavy atom. The highest BCUT2D eigenvalue weighted by Gasteiger charge is 2.10. The number of esters is 1. The quantitative estimate of drug-likeness (QED) is 0.404. The van der Waals surface area contributed by atoms with Crippen LogP contribution in [0.2, 0.25) is 0 Å². The molecule has 0 aliphatic heterocycles. The van der Waals surface area contributed by atoms with Crippen molar-refractivity contribution in [2.75, 3.05) is 13.7 Å². The Hall–Kier alpha value is -2.44. The first-order valence-electron chi connectivity index (χ1n) is 6.89. The van der Waals surface area contributed by atoms with Crippen LogP contribution in [-0.2, 0) is 9.53 Å². The van der Waals surface area contributed by atoms with Gasteiger partial charge in [-0.1, -0.05) is 0 Å². The number of hydrogen-bond donors (Lipinski definition) is 0. The van der Waals surface area contributed by atoms with Crippen LogP contribution in [0, 0.1) is 0 Å². The Labute approximate surface area is 145 Å². The average Bonchev–Trinajstić information content (AvgIpc) is 2.59. The van der Waals surface area contributed by atoms with E-state index in [9.17, 15) is 14.4 Å². The molecule has 0 radical (unpaired) electrons. The van der Waals surface area contributed by atoms with Crippen LogP contribution in [0.1, 0.15) is 10.4 Å². The zero-order chi connectivity index (χ0) is 17.3. The summed E-state index contributed by atoms with van der Waals surface area (Å²) in [5, 5.41) is 0.419. The summed E-state index contributed by atoms with van der Waals surface area (Å²) in [6.45, 7) is -0.228. The van der Waals surface area contributed by atoms with E-state index < -0.39 is 11.2 Å². The molecule has 0 bridgehead atoms. The molecule has 3 rings (SSSR count). The average molecular weight is 363 g/mol. The molecule has 0 saturated heterocycles. The van der Waals surface area contributed by atoms with Gasteiger partial charge in [0.25, 0.3) is 5.24 Å². The van der Waals surface area contributed by atoms with Crippen LogP contribution in [0.4, 0.5) is 0 Å². The first-order valence-corrected chi connectivity index (χ1v) is 8.09. The lowest BCUT2D eigenvalue weighted by atomic mass is 10.1. The molecule has 0 atom stereocenters. The number of fused-ring (bicyclic) bond motifs is 2. The summed E-state index contributed by atoms with van der Waals surface area (Å²) in [7, 11) is 1.27. The van der Waals surface area contributed by atoms with Crippen molar-refractivity contribution in [3.05, 3.63) is 52.2 Å². The van der Waals surface area contributed by atoms with Crippen molar-refractivity contribution in [1.82, 2.24) is 0 Å². The molecule has 7 heteroatoms. The molecule has 2 aromatic carbocycles. The summed E-state index contributed by atoms with van der Waals surface area (Å²) in [6.07, 6.45) is 0. The van der Waals surface area contributed by atoms with Gasteiger partial charge in [0.1, 0.15) is 5.75 Å². The molecule has 0 unspecified atom stereocenters. The monoisotopic (exact) mass is 362 g/mol. The molecule has 1 aromatic heterocycles. The minimum atomic E-state index is -0.566. The van der Waals surface area contributed by atoms with E-state index in [1.807, 2.05) is 0 Å². The fraction of sp³-hybridized carbons (Fsp3) is 0.118. The van der Waals surface area contributed by atoms with Gasteiger partial charge in [-0.3, -0.25) is 9.59 Å². The van der Waals surface area contributed by atoms with Crippen molar-refractivity contribution >= 4 is 54.3 Å². The summed E-state index contributed by atoms with van der Waals surface area (Å²) in [5.74, 6) is -0.0962. The topological polar surface area (TPSA) is 69.7 Å². The Morgan fingerprint density at radius 1 is 1.08 bits per heavy atom. The van der Waals surface area contributed by atoms with E-state index in [2.05, 4.69) is 4.74 Å². The highest BCUT2D eigenvalue weighted by atomic mass is 35.5. The molecular weight excluding hydrogens is 352 g/mol. The molecule has 24 heavy (non-hydrogen) atoms. The van der Waals surface area contributed by atoms with Gasteiger partial charge >= 0.3 is 5.97 Å². The molecule has 0 spiro atoms. The lowest BCUT2D eigenvalue weighted by Crippen LogP contribution is -2.12.